The second-order valence-corrected chi connectivity index (χ2v) is 12.7. The minimum atomic E-state index is -0.753. The predicted octanol–water partition coefficient (Wildman–Crippen LogP) is 5.67. The Labute approximate surface area is 227 Å². The summed E-state index contributed by atoms with van der Waals surface area (Å²) in [5, 5.41) is 21.5. The highest BCUT2D eigenvalue weighted by Crippen LogP contribution is 2.62. The van der Waals surface area contributed by atoms with Gasteiger partial charge in [-0.15, -0.1) is 0 Å². The number of rotatable bonds is 3. The van der Waals surface area contributed by atoms with Crippen LogP contribution in [0.4, 0.5) is 10.1 Å². The number of amides is 1. The zero-order valence-electron chi connectivity index (χ0n) is 21.0. The topological polar surface area (TPSA) is 73.4 Å². The normalized spacial score (nSPS) is 34.0. The molecule has 3 fully saturated rings. The van der Waals surface area contributed by atoms with E-state index in [0.29, 0.717) is 30.0 Å². The van der Waals surface area contributed by atoms with Gasteiger partial charge in [0.2, 0.25) is 5.91 Å². The van der Waals surface area contributed by atoms with E-state index in [9.17, 15) is 9.90 Å². The monoisotopic (exact) mass is 545 g/mol. The Kier molecular flexibility index (Phi) is 6.26. The second-order valence-electron chi connectivity index (χ2n) is 11.9. The summed E-state index contributed by atoms with van der Waals surface area (Å²) in [4.78, 5) is 14.0. The van der Waals surface area contributed by atoms with Gasteiger partial charge in [-0.1, -0.05) is 67.1 Å². The number of fused-ring (bicyclic) bond motifs is 3. The highest BCUT2D eigenvalue weighted by atomic mass is 35.5. The molecule has 2 aromatic carbocycles. The minimum absolute atomic E-state index is 0.0611. The van der Waals surface area contributed by atoms with E-state index >= 15 is 4.39 Å². The van der Waals surface area contributed by atoms with Gasteiger partial charge in [0.05, 0.1) is 16.7 Å². The molecule has 0 bridgehead atoms. The highest BCUT2D eigenvalue weighted by molar-refractivity contribution is 6.31. The highest BCUT2D eigenvalue weighted by Gasteiger charge is 2.68. The third-order valence-corrected chi connectivity index (χ3v) is 9.97. The first-order valence-corrected chi connectivity index (χ1v) is 14.2. The summed E-state index contributed by atoms with van der Waals surface area (Å²) in [5.74, 6) is -1.10. The van der Waals surface area contributed by atoms with Crippen molar-refractivity contribution in [1.82, 2.24) is 10.6 Å². The summed E-state index contributed by atoms with van der Waals surface area (Å²) in [5.41, 5.74) is 0.764. The molecule has 198 valence electrons. The van der Waals surface area contributed by atoms with Crippen molar-refractivity contribution in [2.75, 3.05) is 11.9 Å². The lowest BCUT2D eigenvalue weighted by Crippen LogP contribution is -2.58. The van der Waals surface area contributed by atoms with Crippen LogP contribution < -0.4 is 16.0 Å². The largest absolute Gasteiger partial charge is 0.390 e. The summed E-state index contributed by atoms with van der Waals surface area (Å²) in [6.07, 6.45) is 7.20. The maximum absolute atomic E-state index is 15.9. The summed E-state index contributed by atoms with van der Waals surface area (Å²) in [7, 11) is 0. The van der Waals surface area contributed by atoms with E-state index in [2.05, 4.69) is 22.0 Å². The molecular formula is C29H34Cl2FN3O2. The van der Waals surface area contributed by atoms with Gasteiger partial charge in [0.25, 0.3) is 0 Å². The summed E-state index contributed by atoms with van der Waals surface area (Å²) in [6.45, 7) is 2.36. The Hall–Kier alpha value is -1.86. The third-order valence-electron chi connectivity index (χ3n) is 9.44. The smallest absolute Gasteiger partial charge is 0.238 e. The van der Waals surface area contributed by atoms with Gasteiger partial charge >= 0.3 is 0 Å². The summed E-state index contributed by atoms with van der Waals surface area (Å²) in [6, 6.07) is 10.3. The Morgan fingerprint density at radius 1 is 1.11 bits per heavy atom. The number of halogens is 3. The van der Waals surface area contributed by atoms with Gasteiger partial charge in [-0.05, 0) is 61.9 Å². The molecule has 0 radical (unpaired) electrons. The molecule has 1 saturated heterocycles. The lowest BCUT2D eigenvalue weighted by atomic mass is 9.57. The molecule has 2 aromatic rings. The maximum Gasteiger partial charge on any atom is 0.238 e. The van der Waals surface area contributed by atoms with Crippen molar-refractivity contribution in [1.29, 1.82) is 0 Å². The van der Waals surface area contributed by atoms with E-state index in [-0.39, 0.29) is 17.0 Å². The molecule has 6 rings (SSSR count). The van der Waals surface area contributed by atoms with Crippen LogP contribution in [0.1, 0.15) is 75.3 Å². The Bertz CT molecular complexity index is 1220. The van der Waals surface area contributed by atoms with Crippen LogP contribution in [0.2, 0.25) is 10.0 Å². The average molecular weight is 547 g/mol. The van der Waals surface area contributed by atoms with Gasteiger partial charge in [0.1, 0.15) is 5.82 Å². The number of nitrogens with one attached hydrogen (secondary N) is 3. The Balaban J connectivity index is 1.52. The fraction of sp³-hybridized carbons (Fsp3) is 0.552. The standard InChI is InChI=1S/C29H34Cl2FN3O2/c1-27(37)14-18(15-27)34-26(36)25-23(19-7-6-8-21(31)24(19)32)29(28(35-25)11-4-2-3-5-12-28)16-33-22-13-17(30)9-10-20(22)29/h6-10,13,18,23,25,33,35,37H,2-5,11-12,14-16H2,1H3,(H,34,36). The van der Waals surface area contributed by atoms with Crippen molar-refractivity contribution in [3.05, 3.63) is 63.4 Å². The van der Waals surface area contributed by atoms with Crippen molar-refractivity contribution in [3.8, 4) is 0 Å². The first-order valence-electron chi connectivity index (χ1n) is 13.4. The van der Waals surface area contributed by atoms with E-state index in [1.807, 2.05) is 12.1 Å². The van der Waals surface area contributed by atoms with Crippen molar-refractivity contribution in [3.63, 3.8) is 0 Å². The Morgan fingerprint density at radius 3 is 2.54 bits per heavy atom. The molecule has 2 spiro atoms. The quantitative estimate of drug-likeness (QED) is 0.400. The number of hydrogen-bond donors (Lipinski definition) is 4. The van der Waals surface area contributed by atoms with Gasteiger partial charge in [0, 0.05) is 40.2 Å². The van der Waals surface area contributed by atoms with Crippen LogP contribution in [-0.4, -0.2) is 40.8 Å². The predicted molar refractivity (Wildman–Crippen MR) is 145 cm³/mol. The summed E-state index contributed by atoms with van der Waals surface area (Å²) >= 11 is 12.7. The van der Waals surface area contributed by atoms with Crippen LogP contribution in [0.3, 0.4) is 0 Å². The number of hydrogen-bond acceptors (Lipinski definition) is 4. The molecule has 4 aliphatic rings. The number of aliphatic hydroxyl groups is 1. The number of carbonyl (C=O) groups excluding carboxylic acids is 1. The van der Waals surface area contributed by atoms with Crippen LogP contribution in [0.25, 0.3) is 0 Å². The molecule has 3 unspecified atom stereocenters. The summed E-state index contributed by atoms with van der Waals surface area (Å²) < 4.78 is 15.9. The molecule has 4 N–H and O–H groups in total. The molecule has 5 nitrogen and oxygen atoms in total. The zero-order chi connectivity index (χ0) is 26.0. The molecule has 1 amide bonds. The van der Waals surface area contributed by atoms with Crippen molar-refractivity contribution in [2.45, 2.75) is 92.8 Å². The van der Waals surface area contributed by atoms with Gasteiger partial charge in [0.15, 0.2) is 0 Å². The van der Waals surface area contributed by atoms with Crippen molar-refractivity contribution in [2.24, 2.45) is 0 Å². The fourth-order valence-electron chi connectivity index (χ4n) is 7.92. The van der Waals surface area contributed by atoms with Crippen LogP contribution in [0.15, 0.2) is 36.4 Å². The first-order chi connectivity index (χ1) is 17.7. The molecule has 2 aliphatic carbocycles. The minimum Gasteiger partial charge on any atom is -0.390 e. The van der Waals surface area contributed by atoms with Crippen molar-refractivity contribution < 1.29 is 14.3 Å². The molecule has 3 atom stereocenters. The van der Waals surface area contributed by atoms with E-state index in [0.717, 1.165) is 49.8 Å². The molecule has 0 aromatic heterocycles. The lowest BCUT2D eigenvalue weighted by Gasteiger charge is -2.46. The average Bonchev–Trinajstić information content (AvgIpc) is 3.22. The molecule has 2 saturated carbocycles. The van der Waals surface area contributed by atoms with Crippen LogP contribution >= 0.6 is 23.2 Å². The van der Waals surface area contributed by atoms with Gasteiger partial charge in [-0.25, -0.2) is 4.39 Å². The van der Waals surface area contributed by atoms with Gasteiger partial charge in [-0.3, -0.25) is 10.1 Å². The molecule has 8 heteroatoms. The Morgan fingerprint density at radius 2 is 1.84 bits per heavy atom. The lowest BCUT2D eigenvalue weighted by molar-refractivity contribution is -0.127. The van der Waals surface area contributed by atoms with E-state index in [1.54, 1.807) is 25.1 Å². The number of carbonyl (C=O) groups is 1. The van der Waals surface area contributed by atoms with Gasteiger partial charge < -0.3 is 15.7 Å². The zero-order valence-corrected chi connectivity index (χ0v) is 22.6. The SMILES string of the molecule is CC1(O)CC(NC(=O)C2NC3(CCCCCC3)C3(CNc4cc(Cl)ccc43)C2c2cccc(Cl)c2F)C1. The molecular weight excluding hydrogens is 512 g/mol. The first kappa shape index (κ1) is 25.4. The number of benzene rings is 2. The molecule has 2 heterocycles. The third kappa shape index (κ3) is 3.98. The molecule has 2 aliphatic heterocycles. The van der Waals surface area contributed by atoms with E-state index < -0.39 is 34.3 Å². The maximum atomic E-state index is 15.9. The van der Waals surface area contributed by atoms with Crippen LogP contribution in [-0.2, 0) is 10.2 Å². The van der Waals surface area contributed by atoms with Crippen LogP contribution in [0.5, 0.6) is 0 Å². The second kappa shape index (κ2) is 9.11. The van der Waals surface area contributed by atoms with E-state index in [4.69, 9.17) is 23.2 Å². The molecule has 37 heavy (non-hydrogen) atoms. The fourth-order valence-corrected chi connectivity index (χ4v) is 8.27. The number of anilines is 1. The van der Waals surface area contributed by atoms with Gasteiger partial charge in [-0.2, -0.15) is 0 Å². The van der Waals surface area contributed by atoms with Crippen LogP contribution in [0, 0.1) is 5.82 Å². The van der Waals surface area contributed by atoms with Crippen molar-refractivity contribution >= 4 is 34.8 Å². The van der Waals surface area contributed by atoms with E-state index in [1.165, 1.54) is 0 Å².